The van der Waals surface area contributed by atoms with Crippen LogP contribution in [0.4, 0.5) is 0 Å². The highest BCUT2D eigenvalue weighted by atomic mass is 35.7. The number of aromatic nitrogens is 2. The Morgan fingerprint density at radius 1 is 1.33 bits per heavy atom. The van der Waals surface area contributed by atoms with Crippen molar-refractivity contribution >= 4 is 25.6 Å². The van der Waals surface area contributed by atoms with E-state index in [9.17, 15) is 13.2 Å². The van der Waals surface area contributed by atoms with Crippen LogP contribution in [0.2, 0.25) is 0 Å². The number of nitrogens with one attached hydrogen (secondary N) is 1. The third-order valence-corrected chi connectivity index (χ3v) is 4.24. The summed E-state index contributed by atoms with van der Waals surface area (Å²) in [4.78, 5) is 11.8. The van der Waals surface area contributed by atoms with Gasteiger partial charge in [0.15, 0.2) is 0 Å². The molecule has 0 spiro atoms. The zero-order chi connectivity index (χ0) is 15.5. The van der Waals surface area contributed by atoms with Gasteiger partial charge >= 0.3 is 0 Å². The Morgan fingerprint density at radius 3 is 2.52 bits per heavy atom. The van der Waals surface area contributed by atoms with E-state index >= 15 is 0 Å². The molecule has 21 heavy (non-hydrogen) atoms. The summed E-state index contributed by atoms with van der Waals surface area (Å²) in [5, 5.41) is 6.69. The Labute approximate surface area is 127 Å². The van der Waals surface area contributed by atoms with E-state index in [2.05, 4.69) is 10.4 Å². The van der Waals surface area contributed by atoms with Crippen LogP contribution in [0.1, 0.15) is 15.9 Å². The second-order valence-electron chi connectivity index (χ2n) is 4.49. The largest absolute Gasteiger partial charge is 0.352 e. The molecule has 6 nitrogen and oxygen atoms in total. The lowest BCUT2D eigenvalue weighted by Gasteiger charge is -2.04. The van der Waals surface area contributed by atoms with Crippen molar-refractivity contribution in [1.29, 1.82) is 0 Å². The van der Waals surface area contributed by atoms with Crippen LogP contribution in [0.25, 0.3) is 0 Å². The lowest BCUT2D eigenvalue weighted by atomic mass is 10.1. The number of carbonyl (C=O) groups is 1. The number of carbonyl (C=O) groups excluding carboxylic acids is 1. The third-order valence-electron chi connectivity index (χ3n) is 2.87. The van der Waals surface area contributed by atoms with Crippen LogP contribution in [0, 0.1) is 0 Å². The molecule has 112 valence electrons. The molecule has 0 bridgehead atoms. The topological polar surface area (TPSA) is 81.1 Å². The monoisotopic (exact) mass is 327 g/mol. The second-order valence-corrected chi connectivity index (χ2v) is 7.06. The van der Waals surface area contributed by atoms with Gasteiger partial charge in [-0.1, -0.05) is 12.1 Å². The maximum absolute atomic E-state index is 11.8. The number of aryl methyl sites for hydroxylation is 1. The molecule has 0 aliphatic heterocycles. The molecule has 0 aliphatic rings. The van der Waals surface area contributed by atoms with Crippen LogP contribution in [-0.2, 0) is 22.5 Å². The molecule has 0 saturated heterocycles. The highest BCUT2D eigenvalue weighted by Gasteiger charge is 2.09. The summed E-state index contributed by atoms with van der Waals surface area (Å²) in [7, 11) is 3.28. The van der Waals surface area contributed by atoms with E-state index in [-0.39, 0.29) is 10.8 Å². The molecular formula is C13H14ClN3O3S. The van der Waals surface area contributed by atoms with Crippen molar-refractivity contribution in [3.05, 3.63) is 47.8 Å². The van der Waals surface area contributed by atoms with E-state index in [4.69, 9.17) is 10.7 Å². The summed E-state index contributed by atoms with van der Waals surface area (Å²) < 4.78 is 23.8. The first-order valence-corrected chi connectivity index (χ1v) is 8.47. The predicted octanol–water partition coefficient (Wildman–Crippen LogP) is 1.32. The lowest BCUT2D eigenvalue weighted by Crippen LogP contribution is -2.25. The fourth-order valence-electron chi connectivity index (χ4n) is 1.78. The molecule has 1 amide bonds. The molecule has 2 aromatic rings. The minimum Gasteiger partial charge on any atom is -0.352 e. The number of hydrogen-bond acceptors (Lipinski definition) is 4. The first-order valence-electron chi connectivity index (χ1n) is 6.17. The van der Waals surface area contributed by atoms with Gasteiger partial charge in [-0.15, -0.1) is 0 Å². The highest BCUT2D eigenvalue weighted by Crippen LogP contribution is 2.15. The van der Waals surface area contributed by atoms with Crippen LogP contribution >= 0.6 is 10.7 Å². The molecule has 8 heteroatoms. The quantitative estimate of drug-likeness (QED) is 0.840. The van der Waals surface area contributed by atoms with Crippen LogP contribution in [0.15, 0.2) is 41.6 Å². The van der Waals surface area contributed by atoms with Gasteiger partial charge in [0.25, 0.3) is 15.0 Å². The van der Waals surface area contributed by atoms with Crippen LogP contribution < -0.4 is 5.32 Å². The zero-order valence-corrected chi connectivity index (χ0v) is 12.9. The van der Waals surface area contributed by atoms with Crippen molar-refractivity contribution in [3.8, 4) is 0 Å². The van der Waals surface area contributed by atoms with Gasteiger partial charge in [-0.2, -0.15) is 5.10 Å². The van der Waals surface area contributed by atoms with E-state index in [1.807, 2.05) is 0 Å². The van der Waals surface area contributed by atoms with Crippen molar-refractivity contribution in [2.45, 2.75) is 11.3 Å². The maximum Gasteiger partial charge on any atom is 0.261 e. The standard InChI is InChI=1S/C13H14ClN3O3S/c1-17-9-11(8-16-17)13(18)15-7-6-10-2-4-12(5-3-10)21(14,19)20/h2-5,8-9H,6-7H2,1H3,(H,15,18). The van der Waals surface area contributed by atoms with Gasteiger partial charge in [-0.25, -0.2) is 8.42 Å². The van der Waals surface area contributed by atoms with Gasteiger partial charge in [0.05, 0.1) is 16.7 Å². The van der Waals surface area contributed by atoms with Crippen LogP contribution in [0.3, 0.4) is 0 Å². The van der Waals surface area contributed by atoms with Gasteiger partial charge < -0.3 is 5.32 Å². The van der Waals surface area contributed by atoms with Crippen molar-refractivity contribution in [2.24, 2.45) is 7.05 Å². The Morgan fingerprint density at radius 2 is 2.00 bits per heavy atom. The summed E-state index contributed by atoms with van der Waals surface area (Å²) in [5.74, 6) is -0.192. The Hall–Kier alpha value is -1.86. The second kappa shape index (κ2) is 6.28. The number of amides is 1. The summed E-state index contributed by atoms with van der Waals surface area (Å²) >= 11 is 0. The van der Waals surface area contributed by atoms with Gasteiger partial charge in [-0.3, -0.25) is 9.48 Å². The number of rotatable bonds is 5. The zero-order valence-electron chi connectivity index (χ0n) is 11.3. The Bertz CT molecular complexity index is 738. The molecule has 0 aliphatic carbocycles. The molecule has 0 fully saturated rings. The number of halogens is 1. The molecule has 2 rings (SSSR count). The summed E-state index contributed by atoms with van der Waals surface area (Å²) in [6.07, 6.45) is 3.72. The van der Waals surface area contributed by atoms with Crippen LogP contribution in [-0.4, -0.2) is 30.7 Å². The average molecular weight is 328 g/mol. The maximum atomic E-state index is 11.8. The molecular weight excluding hydrogens is 314 g/mol. The summed E-state index contributed by atoms with van der Waals surface area (Å²) in [5.41, 5.74) is 1.41. The van der Waals surface area contributed by atoms with E-state index in [1.165, 1.54) is 18.3 Å². The summed E-state index contributed by atoms with van der Waals surface area (Å²) in [6, 6.07) is 6.23. The van der Waals surface area contributed by atoms with Crippen molar-refractivity contribution in [3.63, 3.8) is 0 Å². The number of benzene rings is 1. The molecule has 0 radical (unpaired) electrons. The smallest absolute Gasteiger partial charge is 0.261 e. The minimum atomic E-state index is -3.69. The summed E-state index contributed by atoms with van der Waals surface area (Å²) in [6.45, 7) is 0.445. The van der Waals surface area contributed by atoms with E-state index < -0.39 is 9.05 Å². The molecule has 0 atom stereocenters. The minimum absolute atomic E-state index is 0.0623. The van der Waals surface area contributed by atoms with Gasteiger partial charge in [-0.05, 0) is 24.1 Å². The SMILES string of the molecule is Cn1cc(C(=O)NCCc2ccc(S(=O)(=O)Cl)cc2)cn1. The number of hydrogen-bond donors (Lipinski definition) is 1. The van der Waals surface area contributed by atoms with E-state index in [0.717, 1.165) is 5.56 Å². The van der Waals surface area contributed by atoms with Gasteiger partial charge in [0.1, 0.15) is 0 Å². The molecule has 1 aromatic heterocycles. The Kier molecular flexibility index (Phi) is 4.64. The fourth-order valence-corrected chi connectivity index (χ4v) is 2.55. The normalized spacial score (nSPS) is 11.3. The molecule has 0 saturated carbocycles. The first-order chi connectivity index (χ1) is 9.86. The number of nitrogens with zero attached hydrogens (tertiary/aromatic N) is 2. The molecule has 0 unspecified atom stereocenters. The predicted molar refractivity (Wildman–Crippen MR) is 78.7 cm³/mol. The van der Waals surface area contributed by atoms with Crippen molar-refractivity contribution in [2.75, 3.05) is 6.54 Å². The lowest BCUT2D eigenvalue weighted by molar-refractivity contribution is 0.0954. The van der Waals surface area contributed by atoms with Crippen LogP contribution in [0.5, 0.6) is 0 Å². The third kappa shape index (κ3) is 4.30. The van der Waals surface area contributed by atoms with Gasteiger partial charge in [0, 0.05) is 30.5 Å². The molecule has 1 aromatic carbocycles. The molecule has 1 N–H and O–H groups in total. The Balaban J connectivity index is 1.88. The van der Waals surface area contributed by atoms with E-state index in [1.54, 1.807) is 30.1 Å². The van der Waals surface area contributed by atoms with Gasteiger partial charge in [0.2, 0.25) is 0 Å². The highest BCUT2D eigenvalue weighted by molar-refractivity contribution is 8.13. The molecule has 1 heterocycles. The first kappa shape index (κ1) is 15.5. The average Bonchev–Trinajstić information content (AvgIpc) is 2.85. The fraction of sp³-hybridized carbons (Fsp3) is 0.231. The van der Waals surface area contributed by atoms with Crippen molar-refractivity contribution in [1.82, 2.24) is 15.1 Å². The van der Waals surface area contributed by atoms with Crippen molar-refractivity contribution < 1.29 is 13.2 Å². The van der Waals surface area contributed by atoms with E-state index in [0.29, 0.717) is 18.5 Å².